The standard InChI is InChI=1S/C14H12Cl3F2N3O/c1-5(2-7-8(16)3-6(15)4-9(7)17)11-10(14(20)23)12(13(18)19)22-21-11/h3-5,13H,2H2,1H3,(H2,20,23)(H,21,22)/t5-/m1/s1. The molecule has 23 heavy (non-hydrogen) atoms. The maximum atomic E-state index is 12.9. The van der Waals surface area contributed by atoms with Crippen molar-refractivity contribution in [2.24, 2.45) is 5.73 Å². The second kappa shape index (κ2) is 7.03. The van der Waals surface area contributed by atoms with Crippen LogP contribution >= 0.6 is 34.8 Å². The van der Waals surface area contributed by atoms with Crippen LogP contribution in [0.25, 0.3) is 0 Å². The summed E-state index contributed by atoms with van der Waals surface area (Å²) in [4.78, 5) is 11.5. The number of rotatable bonds is 5. The average molecular weight is 383 g/mol. The van der Waals surface area contributed by atoms with Crippen molar-refractivity contribution < 1.29 is 13.6 Å². The van der Waals surface area contributed by atoms with Crippen LogP contribution in [-0.4, -0.2) is 16.1 Å². The number of aromatic amines is 1. The third-order valence-corrected chi connectivity index (χ3v) is 4.28. The van der Waals surface area contributed by atoms with Gasteiger partial charge >= 0.3 is 0 Å². The summed E-state index contributed by atoms with van der Waals surface area (Å²) in [6.07, 6.45) is -2.61. The molecule has 1 atom stereocenters. The molecule has 1 amide bonds. The summed E-state index contributed by atoms with van der Waals surface area (Å²) in [5, 5.41) is 7.05. The van der Waals surface area contributed by atoms with Crippen LogP contribution in [0.5, 0.6) is 0 Å². The third kappa shape index (κ3) is 3.76. The Morgan fingerprint density at radius 3 is 2.35 bits per heavy atom. The number of hydrogen-bond acceptors (Lipinski definition) is 2. The molecule has 0 aliphatic carbocycles. The van der Waals surface area contributed by atoms with Crippen LogP contribution in [0.15, 0.2) is 12.1 Å². The summed E-state index contributed by atoms with van der Waals surface area (Å²) in [5.74, 6) is -1.36. The fraction of sp³-hybridized carbons (Fsp3) is 0.286. The van der Waals surface area contributed by atoms with Gasteiger partial charge in [0.1, 0.15) is 5.69 Å². The maximum Gasteiger partial charge on any atom is 0.282 e. The number of amides is 1. The quantitative estimate of drug-likeness (QED) is 0.783. The molecule has 9 heteroatoms. The lowest BCUT2D eigenvalue weighted by Gasteiger charge is -2.14. The Labute approximate surface area is 145 Å². The molecule has 1 heterocycles. The molecule has 1 aromatic heterocycles. The van der Waals surface area contributed by atoms with E-state index in [-0.39, 0.29) is 11.3 Å². The second-order valence-corrected chi connectivity index (χ2v) is 6.27. The van der Waals surface area contributed by atoms with Gasteiger partial charge in [0, 0.05) is 21.0 Å². The molecule has 124 valence electrons. The van der Waals surface area contributed by atoms with Crippen molar-refractivity contribution in [3.8, 4) is 0 Å². The summed E-state index contributed by atoms with van der Waals surface area (Å²) in [7, 11) is 0. The van der Waals surface area contributed by atoms with Crippen LogP contribution < -0.4 is 5.73 Å². The first-order chi connectivity index (χ1) is 10.7. The summed E-state index contributed by atoms with van der Waals surface area (Å²) in [6, 6.07) is 3.06. The van der Waals surface area contributed by atoms with Crippen molar-refractivity contribution in [1.82, 2.24) is 10.2 Å². The number of halogens is 5. The van der Waals surface area contributed by atoms with E-state index in [0.29, 0.717) is 27.1 Å². The molecule has 3 N–H and O–H groups in total. The van der Waals surface area contributed by atoms with Gasteiger partial charge < -0.3 is 5.73 Å². The van der Waals surface area contributed by atoms with Crippen LogP contribution in [0.4, 0.5) is 8.78 Å². The zero-order chi connectivity index (χ0) is 17.3. The van der Waals surface area contributed by atoms with Gasteiger partial charge in [-0.25, -0.2) is 8.78 Å². The number of alkyl halides is 2. The van der Waals surface area contributed by atoms with E-state index in [0.717, 1.165) is 0 Å². The minimum Gasteiger partial charge on any atom is -0.365 e. The molecule has 0 saturated heterocycles. The molecule has 0 radical (unpaired) electrons. The van der Waals surface area contributed by atoms with Crippen LogP contribution in [0.2, 0.25) is 15.1 Å². The van der Waals surface area contributed by atoms with E-state index < -0.39 is 23.9 Å². The molecular weight excluding hydrogens is 371 g/mol. The lowest BCUT2D eigenvalue weighted by molar-refractivity contribution is 0.0983. The SMILES string of the molecule is C[C@H](Cc1c(Cl)cc(Cl)cc1Cl)c1[nH]nc(C(F)F)c1C(N)=O. The Balaban J connectivity index is 2.39. The molecule has 4 nitrogen and oxygen atoms in total. The highest BCUT2D eigenvalue weighted by molar-refractivity contribution is 6.39. The van der Waals surface area contributed by atoms with Gasteiger partial charge in [0.05, 0.1) is 11.3 Å². The normalized spacial score (nSPS) is 12.7. The van der Waals surface area contributed by atoms with E-state index >= 15 is 0 Å². The van der Waals surface area contributed by atoms with Crippen LogP contribution in [0.1, 0.15) is 46.6 Å². The van der Waals surface area contributed by atoms with E-state index in [4.69, 9.17) is 40.5 Å². The number of H-pyrrole nitrogens is 1. The van der Waals surface area contributed by atoms with Crippen molar-refractivity contribution >= 4 is 40.7 Å². The Morgan fingerprint density at radius 2 is 1.87 bits per heavy atom. The molecule has 1 aromatic carbocycles. The molecule has 0 fully saturated rings. The van der Waals surface area contributed by atoms with E-state index in [1.165, 1.54) is 12.1 Å². The van der Waals surface area contributed by atoms with Crippen LogP contribution in [0, 0.1) is 0 Å². The Kier molecular flexibility index (Phi) is 5.49. The first-order valence-corrected chi connectivity index (χ1v) is 7.65. The van der Waals surface area contributed by atoms with Gasteiger partial charge in [0.2, 0.25) is 0 Å². The fourth-order valence-electron chi connectivity index (χ4n) is 2.32. The summed E-state index contributed by atoms with van der Waals surface area (Å²) in [5.41, 5.74) is 5.06. The number of nitrogens with zero attached hydrogens (tertiary/aromatic N) is 1. The van der Waals surface area contributed by atoms with Crippen molar-refractivity contribution in [1.29, 1.82) is 0 Å². The monoisotopic (exact) mass is 381 g/mol. The van der Waals surface area contributed by atoms with E-state index in [1.54, 1.807) is 6.92 Å². The van der Waals surface area contributed by atoms with Gasteiger partial charge in [-0.1, -0.05) is 41.7 Å². The fourth-order valence-corrected chi connectivity index (χ4v) is 3.29. The van der Waals surface area contributed by atoms with Gasteiger partial charge in [0.25, 0.3) is 12.3 Å². The predicted molar refractivity (Wildman–Crippen MR) is 85.7 cm³/mol. The zero-order valence-electron chi connectivity index (χ0n) is 11.8. The summed E-state index contributed by atoms with van der Waals surface area (Å²) >= 11 is 18.1. The number of hydrogen-bond donors (Lipinski definition) is 2. The largest absolute Gasteiger partial charge is 0.365 e. The zero-order valence-corrected chi connectivity index (χ0v) is 14.1. The van der Waals surface area contributed by atoms with Crippen molar-refractivity contribution in [2.45, 2.75) is 25.7 Å². The number of carbonyl (C=O) groups is 1. The molecule has 0 spiro atoms. The Bertz CT molecular complexity index is 726. The molecule has 0 aliphatic rings. The van der Waals surface area contributed by atoms with Crippen LogP contribution in [0.3, 0.4) is 0 Å². The first-order valence-electron chi connectivity index (χ1n) is 6.51. The van der Waals surface area contributed by atoms with Gasteiger partial charge in [-0.3, -0.25) is 9.89 Å². The molecule has 2 rings (SSSR count). The molecule has 0 unspecified atom stereocenters. The van der Waals surface area contributed by atoms with Crippen molar-refractivity contribution in [3.63, 3.8) is 0 Å². The van der Waals surface area contributed by atoms with Gasteiger partial charge in [-0.15, -0.1) is 0 Å². The molecular formula is C14H12Cl3F2N3O. The van der Waals surface area contributed by atoms with Gasteiger partial charge in [0.15, 0.2) is 0 Å². The average Bonchev–Trinajstić information content (AvgIpc) is 2.87. The predicted octanol–water partition coefficient (Wildman–Crippen LogP) is 4.75. The minimum atomic E-state index is -2.91. The molecule has 0 aliphatic heterocycles. The highest BCUT2D eigenvalue weighted by atomic mass is 35.5. The van der Waals surface area contributed by atoms with E-state index in [2.05, 4.69) is 10.2 Å². The number of nitrogens with two attached hydrogens (primary N) is 1. The van der Waals surface area contributed by atoms with Crippen LogP contribution in [-0.2, 0) is 6.42 Å². The minimum absolute atomic E-state index is 0.217. The third-order valence-electron chi connectivity index (χ3n) is 3.38. The number of carbonyl (C=O) groups excluding carboxylic acids is 1. The van der Waals surface area contributed by atoms with Gasteiger partial charge in [-0.05, 0) is 24.1 Å². The highest BCUT2D eigenvalue weighted by Crippen LogP contribution is 2.34. The molecule has 0 saturated carbocycles. The Hall–Kier alpha value is -1.37. The molecule has 0 bridgehead atoms. The van der Waals surface area contributed by atoms with E-state index in [9.17, 15) is 13.6 Å². The summed E-state index contributed by atoms with van der Waals surface area (Å²) < 4.78 is 25.8. The number of nitrogens with one attached hydrogen (secondary N) is 1. The second-order valence-electron chi connectivity index (χ2n) is 5.02. The number of aromatic nitrogens is 2. The topological polar surface area (TPSA) is 71.8 Å². The van der Waals surface area contributed by atoms with Gasteiger partial charge in [-0.2, -0.15) is 5.10 Å². The Morgan fingerprint density at radius 1 is 1.30 bits per heavy atom. The van der Waals surface area contributed by atoms with E-state index in [1.807, 2.05) is 0 Å². The maximum absolute atomic E-state index is 12.9. The van der Waals surface area contributed by atoms with Crippen molar-refractivity contribution in [3.05, 3.63) is 49.7 Å². The first kappa shape index (κ1) is 18.0. The highest BCUT2D eigenvalue weighted by Gasteiger charge is 2.27. The number of benzene rings is 1. The smallest absolute Gasteiger partial charge is 0.282 e. The van der Waals surface area contributed by atoms with Crippen molar-refractivity contribution in [2.75, 3.05) is 0 Å². The molecule has 2 aromatic rings. The lowest BCUT2D eigenvalue weighted by atomic mass is 9.94. The summed E-state index contributed by atoms with van der Waals surface area (Å²) in [6.45, 7) is 1.72. The lowest BCUT2D eigenvalue weighted by Crippen LogP contribution is -2.16. The number of primary amides is 1.